The number of rotatable bonds is 4. The van der Waals surface area contributed by atoms with Gasteiger partial charge in [-0.1, -0.05) is 43.8 Å². The van der Waals surface area contributed by atoms with Gasteiger partial charge in [0.1, 0.15) is 11.5 Å². The minimum absolute atomic E-state index is 0.430. The third-order valence-electron chi connectivity index (χ3n) is 2.00. The quantitative estimate of drug-likeness (QED) is 0.572. The van der Waals surface area contributed by atoms with Crippen LogP contribution in [0.3, 0.4) is 0 Å². The van der Waals surface area contributed by atoms with E-state index >= 15 is 0 Å². The third kappa shape index (κ3) is 3.03. The molecule has 0 bridgehead atoms. The van der Waals surface area contributed by atoms with Crippen molar-refractivity contribution in [1.82, 2.24) is 9.97 Å². The van der Waals surface area contributed by atoms with E-state index in [4.69, 9.17) is 11.6 Å². The van der Waals surface area contributed by atoms with Gasteiger partial charge in [-0.2, -0.15) is 0 Å². The second-order valence-electron chi connectivity index (χ2n) is 3.00. The van der Waals surface area contributed by atoms with Crippen LogP contribution in [-0.2, 0) is 0 Å². The molecule has 1 heterocycles. The van der Waals surface area contributed by atoms with Gasteiger partial charge in [0.05, 0.1) is 5.69 Å². The van der Waals surface area contributed by atoms with E-state index in [-0.39, 0.29) is 0 Å². The highest BCUT2D eigenvalue weighted by Gasteiger charge is 2.06. The van der Waals surface area contributed by atoms with E-state index in [0.29, 0.717) is 5.15 Å². The summed E-state index contributed by atoms with van der Waals surface area (Å²) in [5.74, 6) is 0. The number of aromatic nitrogens is 2. The molecular formula is C12H13ClN2. The molecule has 0 N–H and O–H groups in total. The minimum atomic E-state index is 0.430. The summed E-state index contributed by atoms with van der Waals surface area (Å²) in [6, 6.07) is 1.72. The maximum atomic E-state index is 5.80. The first-order chi connectivity index (χ1) is 7.19. The van der Waals surface area contributed by atoms with Gasteiger partial charge >= 0.3 is 0 Å². The molecule has 0 aliphatic carbocycles. The Balaban J connectivity index is 3.16. The predicted octanol–water partition coefficient (Wildman–Crippen LogP) is 3.67. The summed E-state index contributed by atoms with van der Waals surface area (Å²) in [4.78, 5) is 7.99. The molecule has 0 saturated heterocycles. The zero-order valence-corrected chi connectivity index (χ0v) is 9.46. The molecule has 0 fully saturated rings. The smallest absolute Gasteiger partial charge is 0.133 e. The number of hydrogen-bond donors (Lipinski definition) is 0. The van der Waals surface area contributed by atoms with E-state index < -0.39 is 0 Å². The number of hydrogen-bond acceptors (Lipinski definition) is 2. The first-order valence-electron chi connectivity index (χ1n) is 4.67. The lowest BCUT2D eigenvalue weighted by atomic mass is 10.0. The standard InChI is InChI=1S/C12H13ClN2/c1-4-6-10(9(3)5-2)11-7-12(13)15-8-14-11/h4,6-8H,1,3,5H2,2H3/b10-6+. The zero-order valence-electron chi connectivity index (χ0n) is 8.70. The molecule has 0 atom stereocenters. The van der Waals surface area contributed by atoms with Gasteiger partial charge < -0.3 is 0 Å². The van der Waals surface area contributed by atoms with Crippen molar-refractivity contribution in [3.8, 4) is 0 Å². The maximum Gasteiger partial charge on any atom is 0.133 e. The van der Waals surface area contributed by atoms with Crippen molar-refractivity contribution < 1.29 is 0 Å². The second-order valence-corrected chi connectivity index (χ2v) is 3.39. The van der Waals surface area contributed by atoms with E-state index in [2.05, 4.69) is 23.1 Å². The number of halogens is 1. The molecule has 0 saturated carbocycles. The van der Waals surface area contributed by atoms with Gasteiger partial charge in [0, 0.05) is 11.6 Å². The molecule has 1 aromatic rings. The van der Waals surface area contributed by atoms with E-state index in [1.807, 2.05) is 13.0 Å². The molecular weight excluding hydrogens is 208 g/mol. The van der Waals surface area contributed by atoms with Crippen LogP contribution in [0.5, 0.6) is 0 Å². The fourth-order valence-corrected chi connectivity index (χ4v) is 1.32. The Bertz CT molecular complexity index is 408. The molecule has 78 valence electrons. The minimum Gasteiger partial charge on any atom is -0.236 e. The van der Waals surface area contributed by atoms with Gasteiger partial charge in [-0.25, -0.2) is 9.97 Å². The highest BCUT2D eigenvalue weighted by Crippen LogP contribution is 2.23. The first-order valence-corrected chi connectivity index (χ1v) is 5.05. The molecule has 0 aliphatic rings. The van der Waals surface area contributed by atoms with Crippen LogP contribution in [0.4, 0.5) is 0 Å². The Morgan fingerprint density at radius 1 is 1.53 bits per heavy atom. The van der Waals surface area contributed by atoms with Crippen molar-refractivity contribution in [3.63, 3.8) is 0 Å². The summed E-state index contributed by atoms with van der Waals surface area (Å²) in [7, 11) is 0. The van der Waals surface area contributed by atoms with Crippen molar-refractivity contribution in [1.29, 1.82) is 0 Å². The van der Waals surface area contributed by atoms with Crippen molar-refractivity contribution in [2.45, 2.75) is 13.3 Å². The van der Waals surface area contributed by atoms with E-state index in [1.54, 1.807) is 12.1 Å². The zero-order chi connectivity index (χ0) is 11.3. The van der Waals surface area contributed by atoms with Gasteiger partial charge in [0.15, 0.2) is 0 Å². The molecule has 0 aliphatic heterocycles. The van der Waals surface area contributed by atoms with E-state index in [1.165, 1.54) is 6.33 Å². The molecule has 0 spiro atoms. The maximum absolute atomic E-state index is 5.80. The Morgan fingerprint density at radius 3 is 2.80 bits per heavy atom. The molecule has 15 heavy (non-hydrogen) atoms. The van der Waals surface area contributed by atoms with Crippen molar-refractivity contribution in [2.24, 2.45) is 0 Å². The Labute approximate surface area is 95.0 Å². The third-order valence-corrected chi connectivity index (χ3v) is 2.21. The predicted molar refractivity (Wildman–Crippen MR) is 64.6 cm³/mol. The van der Waals surface area contributed by atoms with Crippen LogP contribution in [0.2, 0.25) is 5.15 Å². The fraction of sp³-hybridized carbons (Fsp3) is 0.167. The monoisotopic (exact) mass is 220 g/mol. The average Bonchev–Trinajstić information content (AvgIpc) is 2.25. The van der Waals surface area contributed by atoms with Gasteiger partial charge in [-0.3, -0.25) is 0 Å². The van der Waals surface area contributed by atoms with Crippen molar-refractivity contribution in [3.05, 3.63) is 54.1 Å². The lowest BCUT2D eigenvalue weighted by molar-refractivity contribution is 1.11. The largest absolute Gasteiger partial charge is 0.236 e. The molecule has 3 heteroatoms. The fourth-order valence-electron chi connectivity index (χ4n) is 1.17. The molecule has 0 aromatic carbocycles. The van der Waals surface area contributed by atoms with Crippen molar-refractivity contribution in [2.75, 3.05) is 0 Å². The molecule has 0 amide bonds. The van der Waals surface area contributed by atoms with Gasteiger partial charge in [-0.05, 0) is 12.0 Å². The summed E-state index contributed by atoms with van der Waals surface area (Å²) < 4.78 is 0. The Kier molecular flexibility index (Phi) is 4.25. The van der Waals surface area contributed by atoms with Crippen LogP contribution in [0, 0.1) is 0 Å². The van der Waals surface area contributed by atoms with Crippen LogP contribution >= 0.6 is 11.6 Å². The van der Waals surface area contributed by atoms with Crippen LogP contribution in [0.15, 0.2) is 43.3 Å². The summed E-state index contributed by atoms with van der Waals surface area (Å²) >= 11 is 5.80. The molecule has 1 rings (SSSR count). The van der Waals surface area contributed by atoms with Crippen LogP contribution in [0.25, 0.3) is 5.57 Å². The summed E-state index contributed by atoms with van der Waals surface area (Å²) in [5.41, 5.74) is 2.74. The molecule has 0 unspecified atom stereocenters. The average molecular weight is 221 g/mol. The number of nitrogens with zero attached hydrogens (tertiary/aromatic N) is 2. The van der Waals surface area contributed by atoms with E-state index in [0.717, 1.165) is 23.3 Å². The Hall–Kier alpha value is -1.41. The Morgan fingerprint density at radius 2 is 2.27 bits per heavy atom. The molecule has 2 nitrogen and oxygen atoms in total. The molecule has 1 aromatic heterocycles. The van der Waals surface area contributed by atoms with Crippen LogP contribution in [-0.4, -0.2) is 9.97 Å². The van der Waals surface area contributed by atoms with Crippen molar-refractivity contribution >= 4 is 17.2 Å². The lowest BCUT2D eigenvalue weighted by Gasteiger charge is -2.07. The number of allylic oxidation sites excluding steroid dienone is 4. The second kappa shape index (κ2) is 5.47. The normalized spacial score (nSPS) is 11.2. The van der Waals surface area contributed by atoms with Crippen LogP contribution < -0.4 is 0 Å². The SMILES string of the molecule is C=C/C=C(\C(=C)CC)c1cc(Cl)ncn1. The highest BCUT2D eigenvalue weighted by molar-refractivity contribution is 6.29. The molecule has 0 radical (unpaired) electrons. The van der Waals surface area contributed by atoms with Crippen LogP contribution in [0.1, 0.15) is 19.0 Å². The summed E-state index contributed by atoms with van der Waals surface area (Å²) in [5, 5.41) is 0.430. The summed E-state index contributed by atoms with van der Waals surface area (Å²) in [6.07, 6.45) is 5.90. The van der Waals surface area contributed by atoms with Gasteiger partial charge in [-0.15, -0.1) is 0 Å². The first kappa shape index (κ1) is 11.7. The van der Waals surface area contributed by atoms with Gasteiger partial charge in [0.2, 0.25) is 0 Å². The van der Waals surface area contributed by atoms with Gasteiger partial charge in [0.25, 0.3) is 0 Å². The lowest BCUT2D eigenvalue weighted by Crippen LogP contribution is -1.93. The highest BCUT2D eigenvalue weighted by atomic mass is 35.5. The topological polar surface area (TPSA) is 25.8 Å². The van der Waals surface area contributed by atoms with E-state index in [9.17, 15) is 0 Å². The summed E-state index contributed by atoms with van der Waals surface area (Å²) in [6.45, 7) is 9.69.